The van der Waals surface area contributed by atoms with Gasteiger partial charge in [-0.2, -0.15) is 0 Å². The Morgan fingerprint density at radius 3 is 1.95 bits per heavy atom. The summed E-state index contributed by atoms with van der Waals surface area (Å²) in [7, 11) is 0. The van der Waals surface area contributed by atoms with Crippen LogP contribution in [0, 0.1) is 17.5 Å². The second kappa shape index (κ2) is 7.07. The summed E-state index contributed by atoms with van der Waals surface area (Å²) in [6.45, 7) is 8.76. The highest BCUT2D eigenvalue weighted by molar-refractivity contribution is 6.03. The highest BCUT2D eigenvalue weighted by atomic mass is 19.2. The molecule has 21 heavy (non-hydrogen) atoms. The SMILES string of the molecule is CCN(CC)C(CC)(CC)C(=O)c1ccc(F)c(F)c1F. The molecule has 0 aliphatic heterocycles. The first-order valence-corrected chi connectivity index (χ1v) is 7.32. The summed E-state index contributed by atoms with van der Waals surface area (Å²) in [6.07, 6.45) is 0.949. The summed E-state index contributed by atoms with van der Waals surface area (Å²) in [6, 6.07) is 1.82. The minimum atomic E-state index is -1.60. The number of nitrogens with zero attached hydrogens (tertiary/aromatic N) is 1. The normalized spacial score (nSPS) is 12.0. The van der Waals surface area contributed by atoms with Crippen molar-refractivity contribution < 1.29 is 18.0 Å². The lowest BCUT2D eigenvalue weighted by Gasteiger charge is -2.41. The van der Waals surface area contributed by atoms with Crippen LogP contribution < -0.4 is 0 Å². The molecule has 1 rings (SSSR count). The number of hydrogen-bond acceptors (Lipinski definition) is 2. The molecule has 0 N–H and O–H groups in total. The van der Waals surface area contributed by atoms with Crippen LogP contribution in [0.3, 0.4) is 0 Å². The van der Waals surface area contributed by atoms with Crippen LogP contribution >= 0.6 is 0 Å². The molecular formula is C16H22F3NO. The molecule has 0 aliphatic rings. The molecule has 5 heteroatoms. The summed E-state index contributed by atoms with van der Waals surface area (Å²) in [5.41, 5.74) is -1.28. The Kier molecular flexibility index (Phi) is 5.96. The van der Waals surface area contributed by atoms with E-state index in [1.165, 1.54) is 0 Å². The molecule has 0 amide bonds. The van der Waals surface area contributed by atoms with E-state index in [9.17, 15) is 18.0 Å². The molecule has 0 fully saturated rings. The number of carbonyl (C=O) groups excluding carboxylic acids is 1. The van der Waals surface area contributed by atoms with Crippen LogP contribution in [0.4, 0.5) is 13.2 Å². The fraction of sp³-hybridized carbons (Fsp3) is 0.562. The van der Waals surface area contributed by atoms with Crippen molar-refractivity contribution in [2.24, 2.45) is 0 Å². The number of carbonyl (C=O) groups is 1. The first-order chi connectivity index (χ1) is 9.89. The van der Waals surface area contributed by atoms with Crippen molar-refractivity contribution in [3.63, 3.8) is 0 Å². The van der Waals surface area contributed by atoms with Crippen molar-refractivity contribution in [3.05, 3.63) is 35.1 Å². The van der Waals surface area contributed by atoms with E-state index in [0.29, 0.717) is 25.9 Å². The third-order valence-electron chi connectivity index (χ3n) is 4.24. The average Bonchev–Trinajstić information content (AvgIpc) is 2.50. The molecule has 2 nitrogen and oxygen atoms in total. The molecular weight excluding hydrogens is 279 g/mol. The molecule has 0 heterocycles. The number of ketones is 1. The van der Waals surface area contributed by atoms with Crippen LogP contribution in [-0.2, 0) is 0 Å². The zero-order chi connectivity index (χ0) is 16.2. The topological polar surface area (TPSA) is 20.3 Å². The first kappa shape index (κ1) is 17.7. The Labute approximate surface area is 123 Å². The maximum Gasteiger partial charge on any atom is 0.195 e. The molecule has 118 valence electrons. The van der Waals surface area contributed by atoms with Gasteiger partial charge in [-0.15, -0.1) is 0 Å². The largest absolute Gasteiger partial charge is 0.292 e. The van der Waals surface area contributed by atoms with Crippen molar-refractivity contribution >= 4 is 5.78 Å². The summed E-state index contributed by atoms with van der Waals surface area (Å²) in [5, 5.41) is 0. The molecule has 0 unspecified atom stereocenters. The lowest BCUT2D eigenvalue weighted by Crippen LogP contribution is -2.54. The molecule has 0 aromatic heterocycles. The number of Topliss-reactive ketones (excluding diaryl/α,β-unsaturated/α-hetero) is 1. The van der Waals surface area contributed by atoms with Crippen molar-refractivity contribution in [1.29, 1.82) is 0 Å². The number of hydrogen-bond donors (Lipinski definition) is 0. The van der Waals surface area contributed by atoms with Gasteiger partial charge >= 0.3 is 0 Å². The minimum absolute atomic E-state index is 0.385. The fourth-order valence-electron chi connectivity index (χ4n) is 2.94. The van der Waals surface area contributed by atoms with Gasteiger partial charge in [-0.3, -0.25) is 9.69 Å². The van der Waals surface area contributed by atoms with Crippen LogP contribution in [0.2, 0.25) is 0 Å². The lowest BCUT2D eigenvalue weighted by molar-refractivity contribution is 0.0529. The van der Waals surface area contributed by atoms with Crippen molar-refractivity contribution in [2.75, 3.05) is 13.1 Å². The molecule has 0 spiro atoms. The van der Waals surface area contributed by atoms with E-state index < -0.39 is 28.8 Å². The molecule has 0 radical (unpaired) electrons. The van der Waals surface area contributed by atoms with E-state index in [0.717, 1.165) is 12.1 Å². The quantitative estimate of drug-likeness (QED) is 0.556. The van der Waals surface area contributed by atoms with E-state index in [4.69, 9.17) is 0 Å². The first-order valence-electron chi connectivity index (χ1n) is 7.32. The van der Waals surface area contributed by atoms with Gasteiger partial charge < -0.3 is 0 Å². The van der Waals surface area contributed by atoms with Crippen LogP contribution in [-0.4, -0.2) is 29.3 Å². The molecule has 0 aliphatic carbocycles. The lowest BCUT2D eigenvalue weighted by atomic mass is 9.82. The smallest absolute Gasteiger partial charge is 0.195 e. The van der Waals surface area contributed by atoms with Gasteiger partial charge in [0.2, 0.25) is 0 Å². The molecule has 1 aromatic carbocycles. The highest BCUT2D eigenvalue weighted by Crippen LogP contribution is 2.30. The Bertz CT molecular complexity index is 508. The summed E-state index contributed by atoms with van der Waals surface area (Å²) in [5.74, 6) is -4.78. The number of rotatable bonds is 7. The van der Waals surface area contributed by atoms with Gasteiger partial charge in [0.05, 0.1) is 11.1 Å². The van der Waals surface area contributed by atoms with Gasteiger partial charge in [0.15, 0.2) is 23.2 Å². The van der Waals surface area contributed by atoms with E-state index in [1.54, 1.807) is 0 Å². The second-order valence-electron chi connectivity index (χ2n) is 4.96. The van der Waals surface area contributed by atoms with Gasteiger partial charge in [0, 0.05) is 0 Å². The van der Waals surface area contributed by atoms with E-state index >= 15 is 0 Å². The maximum absolute atomic E-state index is 13.9. The molecule has 0 saturated carbocycles. The van der Waals surface area contributed by atoms with Crippen LogP contribution in [0.25, 0.3) is 0 Å². The van der Waals surface area contributed by atoms with E-state index in [2.05, 4.69) is 0 Å². The Hall–Kier alpha value is -1.36. The third-order valence-corrected chi connectivity index (χ3v) is 4.24. The monoisotopic (exact) mass is 301 g/mol. The number of benzene rings is 1. The van der Waals surface area contributed by atoms with E-state index in [-0.39, 0.29) is 5.56 Å². The fourth-order valence-corrected chi connectivity index (χ4v) is 2.94. The van der Waals surface area contributed by atoms with Gasteiger partial charge in [0.25, 0.3) is 0 Å². The zero-order valence-electron chi connectivity index (χ0n) is 13.0. The molecule has 0 saturated heterocycles. The Morgan fingerprint density at radius 2 is 1.52 bits per heavy atom. The number of halogens is 3. The average molecular weight is 301 g/mol. The van der Waals surface area contributed by atoms with Crippen molar-refractivity contribution in [1.82, 2.24) is 4.90 Å². The van der Waals surface area contributed by atoms with Gasteiger partial charge in [-0.25, -0.2) is 13.2 Å². The van der Waals surface area contributed by atoms with Crippen molar-refractivity contribution in [2.45, 2.75) is 46.1 Å². The second-order valence-corrected chi connectivity index (χ2v) is 4.96. The highest BCUT2D eigenvalue weighted by Gasteiger charge is 2.41. The summed E-state index contributed by atoms with van der Waals surface area (Å²) >= 11 is 0. The number of likely N-dealkylation sites (N-methyl/N-ethyl adjacent to an activating group) is 1. The van der Waals surface area contributed by atoms with Crippen LogP contribution in [0.1, 0.15) is 50.9 Å². The van der Waals surface area contributed by atoms with Gasteiger partial charge in [-0.05, 0) is 38.1 Å². The zero-order valence-corrected chi connectivity index (χ0v) is 13.0. The predicted octanol–water partition coefficient (Wildman–Crippen LogP) is 4.19. The summed E-state index contributed by atoms with van der Waals surface area (Å²) in [4.78, 5) is 14.7. The van der Waals surface area contributed by atoms with Crippen molar-refractivity contribution in [3.8, 4) is 0 Å². The maximum atomic E-state index is 13.9. The molecule has 0 atom stereocenters. The Morgan fingerprint density at radius 1 is 1.00 bits per heavy atom. The van der Waals surface area contributed by atoms with Crippen LogP contribution in [0.15, 0.2) is 12.1 Å². The predicted molar refractivity (Wildman–Crippen MR) is 76.9 cm³/mol. The third kappa shape index (κ3) is 2.98. The minimum Gasteiger partial charge on any atom is -0.292 e. The standard InChI is InChI=1S/C16H22F3NO/c1-5-16(6-2,20(7-3)8-4)15(21)11-9-10-12(17)14(19)13(11)18/h9-10H,5-8H2,1-4H3. The van der Waals surface area contributed by atoms with E-state index in [1.807, 2.05) is 32.6 Å². The molecule has 1 aromatic rings. The van der Waals surface area contributed by atoms with Gasteiger partial charge in [-0.1, -0.05) is 27.7 Å². The Balaban J connectivity index is 3.40. The molecule has 0 bridgehead atoms. The summed E-state index contributed by atoms with van der Waals surface area (Å²) < 4.78 is 40.4. The van der Waals surface area contributed by atoms with Crippen LogP contribution in [0.5, 0.6) is 0 Å². The van der Waals surface area contributed by atoms with Gasteiger partial charge in [0.1, 0.15) is 0 Å².